The van der Waals surface area contributed by atoms with Gasteiger partial charge in [0.25, 0.3) is 0 Å². The number of Topliss-reactive ketones (excluding diaryl/α,β-unsaturated/α-hetero) is 2. The molecule has 6 nitrogen and oxygen atoms in total. The standard InChI is InChI=1S/C19H21Cl2N3O3/c1-10-18(12(3)25)11(2)22-19(10)16(26)8-24(4)9-17(27)23-13-5-6-14(20)15(21)7-13/h5-7,22H,8-9H2,1-4H3,(H,23,27). The number of aromatic nitrogens is 1. The molecule has 1 aromatic carbocycles. The third kappa shape index (κ3) is 5.19. The molecule has 0 saturated carbocycles. The molecule has 1 heterocycles. The Kier molecular flexibility index (Phi) is 6.81. The van der Waals surface area contributed by atoms with Gasteiger partial charge in [0.05, 0.1) is 28.8 Å². The van der Waals surface area contributed by atoms with Crippen LogP contribution in [0.15, 0.2) is 18.2 Å². The van der Waals surface area contributed by atoms with Crippen LogP contribution in [0, 0.1) is 13.8 Å². The van der Waals surface area contributed by atoms with Gasteiger partial charge in [-0.15, -0.1) is 0 Å². The van der Waals surface area contributed by atoms with Crippen LogP contribution in [0.3, 0.4) is 0 Å². The number of carbonyl (C=O) groups is 3. The predicted molar refractivity (Wildman–Crippen MR) is 107 cm³/mol. The average Bonchev–Trinajstić information content (AvgIpc) is 2.85. The number of aryl methyl sites for hydroxylation is 1. The first kappa shape index (κ1) is 21.2. The lowest BCUT2D eigenvalue weighted by atomic mass is 10.1. The number of anilines is 1. The summed E-state index contributed by atoms with van der Waals surface area (Å²) >= 11 is 11.8. The van der Waals surface area contributed by atoms with E-state index in [0.717, 1.165) is 0 Å². The van der Waals surface area contributed by atoms with E-state index >= 15 is 0 Å². The molecule has 1 aromatic heterocycles. The van der Waals surface area contributed by atoms with Crippen molar-refractivity contribution in [3.8, 4) is 0 Å². The van der Waals surface area contributed by atoms with Crippen LogP contribution < -0.4 is 5.32 Å². The number of carbonyl (C=O) groups excluding carboxylic acids is 3. The van der Waals surface area contributed by atoms with E-state index < -0.39 is 0 Å². The largest absolute Gasteiger partial charge is 0.355 e. The average molecular weight is 410 g/mol. The highest BCUT2D eigenvalue weighted by Crippen LogP contribution is 2.25. The maximum absolute atomic E-state index is 12.5. The highest BCUT2D eigenvalue weighted by Gasteiger charge is 2.21. The third-order valence-corrected chi connectivity index (χ3v) is 4.84. The number of likely N-dealkylation sites (N-methyl/N-ethyl adjacent to an activating group) is 1. The van der Waals surface area contributed by atoms with Gasteiger partial charge in [-0.25, -0.2) is 0 Å². The fourth-order valence-corrected chi connectivity index (χ4v) is 3.25. The van der Waals surface area contributed by atoms with Crippen molar-refractivity contribution in [2.75, 3.05) is 25.5 Å². The summed E-state index contributed by atoms with van der Waals surface area (Å²) in [5.41, 5.74) is 2.77. The van der Waals surface area contributed by atoms with Crippen LogP contribution in [-0.4, -0.2) is 47.5 Å². The lowest BCUT2D eigenvalue weighted by Gasteiger charge is -2.15. The van der Waals surface area contributed by atoms with Crippen molar-refractivity contribution in [1.29, 1.82) is 0 Å². The van der Waals surface area contributed by atoms with Gasteiger partial charge < -0.3 is 10.3 Å². The number of rotatable bonds is 7. The summed E-state index contributed by atoms with van der Waals surface area (Å²) in [6.07, 6.45) is 0. The van der Waals surface area contributed by atoms with E-state index in [-0.39, 0.29) is 30.6 Å². The molecule has 0 aliphatic carbocycles. The van der Waals surface area contributed by atoms with Gasteiger partial charge in [-0.05, 0) is 51.6 Å². The molecule has 2 rings (SSSR count). The van der Waals surface area contributed by atoms with E-state index in [0.29, 0.717) is 38.2 Å². The van der Waals surface area contributed by atoms with Crippen LogP contribution in [-0.2, 0) is 4.79 Å². The van der Waals surface area contributed by atoms with Gasteiger partial charge in [0.2, 0.25) is 5.91 Å². The summed E-state index contributed by atoms with van der Waals surface area (Å²) in [6, 6.07) is 4.79. The molecule has 0 unspecified atom stereocenters. The van der Waals surface area contributed by atoms with E-state index in [1.807, 2.05) is 0 Å². The van der Waals surface area contributed by atoms with E-state index in [2.05, 4.69) is 10.3 Å². The molecular formula is C19H21Cl2N3O3. The van der Waals surface area contributed by atoms with E-state index in [9.17, 15) is 14.4 Å². The molecule has 0 fully saturated rings. The topological polar surface area (TPSA) is 82.3 Å². The molecule has 0 saturated heterocycles. The van der Waals surface area contributed by atoms with E-state index in [4.69, 9.17) is 23.2 Å². The Hall–Kier alpha value is -2.15. The minimum absolute atomic E-state index is 0.0181. The SMILES string of the molecule is CC(=O)c1c(C)[nH]c(C(=O)CN(C)CC(=O)Nc2ccc(Cl)c(Cl)c2)c1C. The molecule has 0 radical (unpaired) electrons. The first-order valence-corrected chi connectivity index (χ1v) is 9.02. The Bertz CT molecular complexity index is 906. The Labute approximate surface area is 167 Å². The van der Waals surface area contributed by atoms with Gasteiger partial charge in [-0.3, -0.25) is 19.3 Å². The minimum Gasteiger partial charge on any atom is -0.355 e. The molecule has 1 amide bonds. The second-order valence-electron chi connectivity index (χ2n) is 6.45. The van der Waals surface area contributed by atoms with Crippen molar-refractivity contribution in [2.24, 2.45) is 0 Å². The van der Waals surface area contributed by atoms with Gasteiger partial charge in [0.1, 0.15) is 0 Å². The molecule has 2 N–H and O–H groups in total. The van der Waals surface area contributed by atoms with Gasteiger partial charge in [0.15, 0.2) is 11.6 Å². The number of benzene rings is 1. The second kappa shape index (κ2) is 8.69. The number of amides is 1. The Morgan fingerprint density at radius 3 is 2.33 bits per heavy atom. The van der Waals surface area contributed by atoms with E-state index in [1.165, 1.54) is 6.92 Å². The van der Waals surface area contributed by atoms with Gasteiger partial charge >= 0.3 is 0 Å². The summed E-state index contributed by atoms with van der Waals surface area (Å²) in [4.78, 5) is 41.0. The van der Waals surface area contributed by atoms with Crippen molar-refractivity contribution < 1.29 is 14.4 Å². The zero-order valence-corrected chi connectivity index (χ0v) is 17.1. The maximum Gasteiger partial charge on any atom is 0.238 e. The highest BCUT2D eigenvalue weighted by molar-refractivity contribution is 6.42. The number of nitrogens with one attached hydrogen (secondary N) is 2. The number of ketones is 2. The smallest absolute Gasteiger partial charge is 0.238 e. The molecule has 0 aliphatic heterocycles. The van der Waals surface area contributed by atoms with Crippen LogP contribution in [0.1, 0.15) is 39.0 Å². The Balaban J connectivity index is 1.98. The van der Waals surface area contributed by atoms with Crippen molar-refractivity contribution >= 4 is 46.4 Å². The lowest BCUT2D eigenvalue weighted by molar-refractivity contribution is -0.116. The third-order valence-electron chi connectivity index (χ3n) is 4.10. The number of halogens is 2. The zero-order valence-electron chi connectivity index (χ0n) is 15.6. The molecule has 144 valence electrons. The minimum atomic E-state index is -0.285. The van der Waals surface area contributed by atoms with Crippen LogP contribution in [0.25, 0.3) is 0 Å². The highest BCUT2D eigenvalue weighted by atomic mass is 35.5. The fraction of sp³-hybridized carbons (Fsp3) is 0.316. The molecular weight excluding hydrogens is 389 g/mol. The summed E-state index contributed by atoms with van der Waals surface area (Å²) < 4.78 is 0. The predicted octanol–water partition coefficient (Wildman–Crippen LogP) is 3.89. The quantitative estimate of drug-likeness (QED) is 0.679. The van der Waals surface area contributed by atoms with Gasteiger partial charge in [0, 0.05) is 16.9 Å². The molecule has 2 aromatic rings. The van der Waals surface area contributed by atoms with Gasteiger partial charge in [-0.1, -0.05) is 23.2 Å². The second-order valence-corrected chi connectivity index (χ2v) is 7.27. The van der Waals surface area contributed by atoms with Crippen LogP contribution in [0.2, 0.25) is 10.0 Å². The first-order valence-electron chi connectivity index (χ1n) is 8.27. The summed E-state index contributed by atoms with van der Waals surface area (Å²) in [7, 11) is 1.67. The summed E-state index contributed by atoms with van der Waals surface area (Å²) in [6.45, 7) is 5.02. The summed E-state index contributed by atoms with van der Waals surface area (Å²) in [5.74, 6) is -0.560. The van der Waals surface area contributed by atoms with Crippen molar-refractivity contribution in [3.63, 3.8) is 0 Å². The molecule has 8 heteroatoms. The molecule has 0 atom stereocenters. The molecule has 0 aliphatic rings. The van der Waals surface area contributed by atoms with Gasteiger partial charge in [-0.2, -0.15) is 0 Å². The maximum atomic E-state index is 12.5. The molecule has 0 bridgehead atoms. The van der Waals surface area contributed by atoms with Crippen molar-refractivity contribution in [3.05, 3.63) is 50.8 Å². The number of hydrogen-bond acceptors (Lipinski definition) is 4. The lowest BCUT2D eigenvalue weighted by Crippen LogP contribution is -2.34. The van der Waals surface area contributed by atoms with Crippen molar-refractivity contribution in [1.82, 2.24) is 9.88 Å². The monoisotopic (exact) mass is 409 g/mol. The fourth-order valence-electron chi connectivity index (χ4n) is 2.96. The number of nitrogens with zero attached hydrogens (tertiary/aromatic N) is 1. The Morgan fingerprint density at radius 1 is 1.11 bits per heavy atom. The number of aromatic amines is 1. The number of H-pyrrole nitrogens is 1. The zero-order chi connectivity index (χ0) is 20.3. The van der Waals surface area contributed by atoms with Crippen molar-refractivity contribution in [2.45, 2.75) is 20.8 Å². The molecule has 27 heavy (non-hydrogen) atoms. The van der Waals surface area contributed by atoms with Crippen LogP contribution in [0.5, 0.6) is 0 Å². The van der Waals surface area contributed by atoms with E-state index in [1.54, 1.807) is 44.0 Å². The summed E-state index contributed by atoms with van der Waals surface area (Å²) in [5, 5.41) is 3.45. The Morgan fingerprint density at radius 2 is 1.78 bits per heavy atom. The normalized spacial score (nSPS) is 10.9. The first-order chi connectivity index (χ1) is 12.6. The number of hydrogen-bond donors (Lipinski definition) is 2. The van der Waals surface area contributed by atoms with Crippen LogP contribution in [0.4, 0.5) is 5.69 Å². The molecule has 0 spiro atoms. The van der Waals surface area contributed by atoms with Crippen LogP contribution >= 0.6 is 23.2 Å².